The Morgan fingerprint density at radius 3 is 2.57 bits per heavy atom. The Bertz CT molecular complexity index is 634. The van der Waals surface area contributed by atoms with Gasteiger partial charge in [-0.3, -0.25) is 19.6 Å². The van der Waals surface area contributed by atoms with Crippen molar-refractivity contribution in [2.24, 2.45) is 10.7 Å². The first-order valence-corrected chi connectivity index (χ1v) is 10.8. The molecule has 1 heterocycles. The molecule has 0 radical (unpaired) electrons. The van der Waals surface area contributed by atoms with Crippen molar-refractivity contribution in [3.63, 3.8) is 0 Å². The lowest BCUT2D eigenvalue weighted by Gasteiger charge is -2.32. The lowest BCUT2D eigenvalue weighted by atomic mass is 10.1. The van der Waals surface area contributed by atoms with Gasteiger partial charge in [0, 0.05) is 44.8 Å². The molecule has 1 fully saturated rings. The van der Waals surface area contributed by atoms with Crippen LogP contribution in [0.25, 0.3) is 0 Å². The van der Waals surface area contributed by atoms with E-state index in [0.29, 0.717) is 18.6 Å². The number of primary amides is 1. The van der Waals surface area contributed by atoms with Crippen LogP contribution < -0.4 is 16.4 Å². The summed E-state index contributed by atoms with van der Waals surface area (Å²) < 4.78 is 0. The highest BCUT2D eigenvalue weighted by molar-refractivity contribution is 14.0. The zero-order valence-corrected chi connectivity index (χ0v) is 21.0. The summed E-state index contributed by atoms with van der Waals surface area (Å²) >= 11 is 0. The summed E-state index contributed by atoms with van der Waals surface area (Å²) in [5.41, 5.74) is 6.63. The number of piperidine rings is 1. The van der Waals surface area contributed by atoms with Crippen LogP contribution in [-0.2, 0) is 11.3 Å². The highest BCUT2D eigenvalue weighted by Gasteiger charge is 2.20. The Hall–Kier alpha value is -1.39. The van der Waals surface area contributed by atoms with Gasteiger partial charge in [0.2, 0.25) is 5.91 Å². The van der Waals surface area contributed by atoms with Gasteiger partial charge >= 0.3 is 0 Å². The zero-order valence-electron chi connectivity index (χ0n) is 18.6. The summed E-state index contributed by atoms with van der Waals surface area (Å²) in [4.78, 5) is 20.3. The van der Waals surface area contributed by atoms with Crippen LogP contribution in [0.4, 0.5) is 0 Å². The molecule has 0 saturated carbocycles. The highest BCUT2D eigenvalue weighted by Crippen LogP contribution is 2.10. The summed E-state index contributed by atoms with van der Waals surface area (Å²) in [5, 5.41) is 6.91. The predicted octanol–water partition coefficient (Wildman–Crippen LogP) is 2.02. The summed E-state index contributed by atoms with van der Waals surface area (Å²) in [6, 6.07) is 11.4. The number of carbonyl (C=O) groups excluding carboxylic acids is 1. The number of benzene rings is 1. The highest BCUT2D eigenvalue weighted by atomic mass is 127. The third-order valence-electron chi connectivity index (χ3n) is 5.50. The molecule has 1 aliphatic heterocycles. The fraction of sp³-hybridized carbons (Fsp3) is 0.636. The summed E-state index contributed by atoms with van der Waals surface area (Å²) in [6.45, 7) is 9.06. The second kappa shape index (κ2) is 14.6. The number of aliphatic imine (C=N–C) groups is 1. The van der Waals surface area contributed by atoms with E-state index < -0.39 is 0 Å². The van der Waals surface area contributed by atoms with E-state index in [1.807, 2.05) is 0 Å². The Kier molecular flexibility index (Phi) is 13.0. The average Bonchev–Trinajstić information content (AvgIpc) is 2.70. The number of nitrogens with one attached hydrogen (secondary N) is 2. The van der Waals surface area contributed by atoms with E-state index in [1.54, 1.807) is 0 Å². The van der Waals surface area contributed by atoms with Crippen LogP contribution in [0.2, 0.25) is 0 Å². The van der Waals surface area contributed by atoms with Crippen molar-refractivity contribution in [3.05, 3.63) is 35.9 Å². The molecule has 4 N–H and O–H groups in total. The second-order valence-corrected chi connectivity index (χ2v) is 7.96. The van der Waals surface area contributed by atoms with Gasteiger partial charge in [-0.2, -0.15) is 0 Å². The van der Waals surface area contributed by atoms with Gasteiger partial charge in [-0.05, 0) is 45.7 Å². The first-order valence-electron chi connectivity index (χ1n) is 10.8. The lowest BCUT2D eigenvalue weighted by Crippen LogP contribution is -2.49. The van der Waals surface area contributed by atoms with Crippen LogP contribution >= 0.6 is 24.0 Å². The largest absolute Gasteiger partial charge is 0.369 e. The fourth-order valence-electron chi connectivity index (χ4n) is 3.58. The molecule has 1 amide bonds. The molecule has 0 aromatic heterocycles. The van der Waals surface area contributed by atoms with E-state index in [1.165, 1.54) is 5.56 Å². The van der Waals surface area contributed by atoms with Gasteiger partial charge in [-0.15, -0.1) is 24.0 Å². The van der Waals surface area contributed by atoms with E-state index in [4.69, 9.17) is 10.7 Å². The maximum Gasteiger partial charge on any atom is 0.231 e. The van der Waals surface area contributed by atoms with Crippen LogP contribution in [0.1, 0.15) is 38.7 Å². The van der Waals surface area contributed by atoms with Crippen molar-refractivity contribution >= 4 is 35.8 Å². The van der Waals surface area contributed by atoms with Crippen molar-refractivity contribution in [2.75, 3.05) is 39.8 Å². The van der Waals surface area contributed by atoms with E-state index >= 15 is 0 Å². The Balaban J connectivity index is 0.00000450. The number of hydrogen-bond acceptors (Lipinski definition) is 4. The number of hydrogen-bond donors (Lipinski definition) is 3. The van der Waals surface area contributed by atoms with Crippen molar-refractivity contribution in [3.8, 4) is 0 Å². The third-order valence-corrected chi connectivity index (χ3v) is 5.50. The number of halogens is 1. The minimum absolute atomic E-state index is 0. The first kappa shape index (κ1) is 26.6. The first-order chi connectivity index (χ1) is 14.0. The van der Waals surface area contributed by atoms with Gasteiger partial charge in [0.1, 0.15) is 0 Å². The van der Waals surface area contributed by atoms with Gasteiger partial charge in [-0.25, -0.2) is 0 Å². The predicted molar refractivity (Wildman–Crippen MR) is 135 cm³/mol. The number of nitrogens with zero attached hydrogens (tertiary/aromatic N) is 3. The second-order valence-electron chi connectivity index (χ2n) is 7.96. The number of carbonyl (C=O) groups is 1. The Morgan fingerprint density at radius 1 is 1.30 bits per heavy atom. The number of amides is 1. The van der Waals surface area contributed by atoms with Gasteiger partial charge < -0.3 is 16.4 Å². The maximum atomic E-state index is 11.1. The fourth-order valence-corrected chi connectivity index (χ4v) is 3.58. The SMILES string of the molecule is CCNC(=NCCC(C)N(C)Cc1ccccc1)NC1CCN(CC(N)=O)CC1.I. The van der Waals surface area contributed by atoms with Crippen LogP contribution in [0.3, 0.4) is 0 Å². The molecule has 2 rings (SSSR count). The van der Waals surface area contributed by atoms with Gasteiger partial charge in [0.05, 0.1) is 6.54 Å². The number of likely N-dealkylation sites (tertiary alicyclic amines) is 1. The van der Waals surface area contributed by atoms with Gasteiger partial charge in [0.25, 0.3) is 0 Å². The molecule has 1 aliphatic rings. The molecule has 1 aromatic rings. The zero-order chi connectivity index (χ0) is 21.1. The standard InChI is InChI=1S/C22H38N6O.HI/c1-4-24-22(26-20-11-14-28(15-12-20)17-21(23)29)25-13-10-18(2)27(3)16-19-8-6-5-7-9-19;/h5-9,18,20H,4,10-17H2,1-3H3,(H2,23,29)(H2,24,25,26);1H. The van der Waals surface area contributed by atoms with Gasteiger partial charge in [0.15, 0.2) is 5.96 Å². The molecule has 30 heavy (non-hydrogen) atoms. The van der Waals surface area contributed by atoms with Gasteiger partial charge in [-0.1, -0.05) is 30.3 Å². The third kappa shape index (κ3) is 10.1. The minimum Gasteiger partial charge on any atom is -0.369 e. The molecule has 0 spiro atoms. The molecule has 1 unspecified atom stereocenters. The van der Waals surface area contributed by atoms with Crippen LogP contribution in [0.5, 0.6) is 0 Å². The molecular formula is C22H39IN6O. The van der Waals surface area contributed by atoms with Crippen LogP contribution in [0.15, 0.2) is 35.3 Å². The molecule has 0 aliphatic carbocycles. The maximum absolute atomic E-state index is 11.1. The van der Waals surface area contributed by atoms with Crippen molar-refractivity contribution < 1.29 is 4.79 Å². The minimum atomic E-state index is -0.252. The number of guanidine groups is 1. The lowest BCUT2D eigenvalue weighted by molar-refractivity contribution is -0.119. The van der Waals surface area contributed by atoms with Crippen molar-refractivity contribution in [1.29, 1.82) is 0 Å². The summed E-state index contributed by atoms with van der Waals surface area (Å²) in [7, 11) is 2.17. The van der Waals surface area contributed by atoms with E-state index in [9.17, 15) is 4.79 Å². The Morgan fingerprint density at radius 2 is 1.97 bits per heavy atom. The molecule has 1 saturated heterocycles. The Labute approximate surface area is 198 Å². The van der Waals surface area contributed by atoms with Crippen molar-refractivity contribution in [1.82, 2.24) is 20.4 Å². The molecule has 1 aromatic carbocycles. The smallest absolute Gasteiger partial charge is 0.231 e. The topological polar surface area (TPSA) is 86.0 Å². The molecular weight excluding hydrogens is 491 g/mol. The van der Waals surface area contributed by atoms with Crippen LogP contribution in [-0.4, -0.2) is 73.5 Å². The van der Waals surface area contributed by atoms with Crippen molar-refractivity contribution in [2.45, 2.75) is 51.7 Å². The number of rotatable bonds is 10. The van der Waals surface area contributed by atoms with E-state index in [0.717, 1.165) is 57.9 Å². The quantitative estimate of drug-likeness (QED) is 0.245. The molecule has 170 valence electrons. The summed E-state index contributed by atoms with van der Waals surface area (Å²) in [5.74, 6) is 0.636. The van der Waals surface area contributed by atoms with Crippen LogP contribution in [0, 0.1) is 0 Å². The monoisotopic (exact) mass is 530 g/mol. The molecule has 7 nitrogen and oxygen atoms in total. The molecule has 1 atom stereocenters. The van der Waals surface area contributed by atoms with E-state index in [-0.39, 0.29) is 29.9 Å². The molecule has 0 bridgehead atoms. The summed E-state index contributed by atoms with van der Waals surface area (Å²) in [6.07, 6.45) is 3.00. The normalized spacial score (nSPS) is 16.7. The van der Waals surface area contributed by atoms with E-state index in [2.05, 4.69) is 71.7 Å². The average molecular weight is 530 g/mol. The molecule has 8 heteroatoms. The number of nitrogens with two attached hydrogens (primary N) is 1.